The Morgan fingerprint density at radius 1 is 0.970 bits per heavy atom. The zero-order valence-corrected chi connectivity index (χ0v) is 20.9. The summed E-state index contributed by atoms with van der Waals surface area (Å²) in [4.78, 5) is 25.0. The molecule has 33 heavy (non-hydrogen) atoms. The van der Waals surface area contributed by atoms with Crippen LogP contribution in [0.25, 0.3) is 10.8 Å². The lowest BCUT2D eigenvalue weighted by atomic mass is 10.0. The van der Waals surface area contributed by atoms with Crippen LogP contribution in [0.1, 0.15) is 38.1 Å². The van der Waals surface area contributed by atoms with E-state index in [9.17, 15) is 14.3 Å². The van der Waals surface area contributed by atoms with Crippen LogP contribution in [-0.2, 0) is 22.7 Å². The van der Waals surface area contributed by atoms with Crippen LogP contribution < -0.4 is 10.9 Å². The lowest BCUT2D eigenvalue weighted by molar-refractivity contribution is 0.0947. The summed E-state index contributed by atoms with van der Waals surface area (Å²) in [7, 11) is -7.59. The van der Waals surface area contributed by atoms with Crippen LogP contribution in [0.3, 0.4) is 0 Å². The standard InChI is InChI=1S/C22H29N2O7P2/c1-5-28-32(26,29-6-2)20-16-21(33(27,30-7-3)31-8-4)24(23-20)22(25)19-15-11-13-17-12-9-10-14-18(17)19/h9-16,27H,5-8H2,1-4H3/q+1. The van der Waals surface area contributed by atoms with E-state index >= 15 is 0 Å². The number of nitrogens with zero attached hydrogens (tertiary/aromatic N) is 2. The number of carbonyl (C=O) groups is 1. The molecule has 1 N–H and O–H groups in total. The van der Waals surface area contributed by atoms with E-state index in [0.717, 1.165) is 10.1 Å². The normalized spacial score (nSPS) is 12.4. The fraction of sp³-hybridized carbons (Fsp3) is 0.364. The average Bonchev–Trinajstić information content (AvgIpc) is 3.26. The van der Waals surface area contributed by atoms with Crippen molar-refractivity contribution in [2.75, 3.05) is 26.4 Å². The van der Waals surface area contributed by atoms with E-state index in [1.54, 1.807) is 39.8 Å². The molecule has 0 saturated heterocycles. The van der Waals surface area contributed by atoms with Gasteiger partial charge in [0, 0.05) is 11.6 Å². The van der Waals surface area contributed by atoms with Crippen LogP contribution in [-0.4, -0.2) is 47.0 Å². The summed E-state index contributed by atoms with van der Waals surface area (Å²) in [5, 5.41) is 5.87. The predicted octanol–water partition coefficient (Wildman–Crippen LogP) is 4.07. The molecule has 11 heteroatoms. The Bertz CT molecular complexity index is 1140. The van der Waals surface area contributed by atoms with Gasteiger partial charge < -0.3 is 9.05 Å². The second kappa shape index (κ2) is 11.0. The predicted molar refractivity (Wildman–Crippen MR) is 128 cm³/mol. The van der Waals surface area contributed by atoms with Gasteiger partial charge in [-0.3, -0.25) is 9.36 Å². The van der Waals surface area contributed by atoms with Gasteiger partial charge in [0.25, 0.3) is 11.3 Å². The number of aromatic nitrogens is 2. The molecule has 0 aliphatic rings. The smallest absolute Gasteiger partial charge is 0.304 e. The van der Waals surface area contributed by atoms with Crippen LogP contribution in [0.15, 0.2) is 48.5 Å². The highest BCUT2D eigenvalue weighted by Crippen LogP contribution is 2.56. The van der Waals surface area contributed by atoms with Crippen molar-refractivity contribution in [2.24, 2.45) is 0 Å². The molecule has 0 unspecified atom stereocenters. The molecule has 0 saturated carbocycles. The molecule has 1 heterocycles. The lowest BCUT2D eigenvalue weighted by Gasteiger charge is -2.15. The van der Waals surface area contributed by atoms with Gasteiger partial charge in [-0.25, -0.2) is 0 Å². The van der Waals surface area contributed by atoms with Gasteiger partial charge in [-0.15, -0.1) is 0 Å². The zero-order chi connectivity index (χ0) is 24.1. The molecule has 0 fully saturated rings. The van der Waals surface area contributed by atoms with Crippen LogP contribution in [0.4, 0.5) is 0 Å². The number of hydrogen-bond donors (Lipinski definition) is 1. The van der Waals surface area contributed by atoms with Crippen LogP contribution in [0.2, 0.25) is 0 Å². The number of carbonyl (C=O) groups excluding carboxylic acids is 1. The SMILES string of the molecule is CCOP(=O)(OCC)c1cc([P+](O)(OCC)OCC)n(C(=O)c2cccc3ccccc23)n1. The first-order chi connectivity index (χ1) is 15.8. The van der Waals surface area contributed by atoms with Gasteiger partial charge in [-0.05, 0) is 44.5 Å². The first-order valence-electron chi connectivity index (χ1n) is 10.8. The van der Waals surface area contributed by atoms with E-state index in [1.807, 2.05) is 30.3 Å². The quantitative estimate of drug-likeness (QED) is 0.397. The van der Waals surface area contributed by atoms with Gasteiger partial charge in [0.05, 0.1) is 26.4 Å². The molecule has 0 spiro atoms. The van der Waals surface area contributed by atoms with E-state index < -0.39 is 21.4 Å². The van der Waals surface area contributed by atoms with Crippen LogP contribution in [0, 0.1) is 0 Å². The summed E-state index contributed by atoms with van der Waals surface area (Å²) in [6, 6.07) is 14.1. The van der Waals surface area contributed by atoms with Gasteiger partial charge in [-0.2, -0.15) is 23.7 Å². The van der Waals surface area contributed by atoms with Crippen molar-refractivity contribution in [3.63, 3.8) is 0 Å². The third kappa shape index (κ3) is 5.26. The van der Waals surface area contributed by atoms with Crippen molar-refractivity contribution in [1.29, 1.82) is 0 Å². The second-order valence-corrected chi connectivity index (χ2v) is 10.8. The molecule has 2 aromatic carbocycles. The number of fused-ring (bicyclic) bond motifs is 1. The fourth-order valence-corrected chi connectivity index (χ4v) is 6.70. The molecule has 0 amide bonds. The summed E-state index contributed by atoms with van der Waals surface area (Å²) in [5.41, 5.74) is 0.220. The van der Waals surface area contributed by atoms with Gasteiger partial charge in [0.15, 0.2) is 5.44 Å². The maximum absolute atomic E-state index is 13.7. The molecule has 0 bridgehead atoms. The summed E-state index contributed by atoms with van der Waals surface area (Å²) in [6.45, 7) is 7.21. The van der Waals surface area contributed by atoms with E-state index in [-0.39, 0.29) is 37.3 Å². The number of hydrogen-bond acceptors (Lipinski definition) is 8. The van der Waals surface area contributed by atoms with Crippen molar-refractivity contribution in [2.45, 2.75) is 27.7 Å². The molecule has 0 aliphatic heterocycles. The largest absolute Gasteiger partial charge is 0.466 e. The third-order valence-electron chi connectivity index (χ3n) is 4.67. The van der Waals surface area contributed by atoms with Gasteiger partial charge in [-0.1, -0.05) is 36.4 Å². The molecule has 9 nitrogen and oxygen atoms in total. The Kier molecular flexibility index (Phi) is 8.54. The molecule has 178 valence electrons. The average molecular weight is 495 g/mol. The van der Waals surface area contributed by atoms with Crippen molar-refractivity contribution in [1.82, 2.24) is 9.78 Å². The minimum atomic E-state index is -3.85. The Hall–Kier alpha value is -1.96. The summed E-state index contributed by atoms with van der Waals surface area (Å²) < 4.78 is 36.4. The van der Waals surface area contributed by atoms with Gasteiger partial charge >= 0.3 is 15.5 Å². The highest BCUT2D eigenvalue weighted by Gasteiger charge is 2.51. The topological polar surface area (TPSA) is 109 Å². The molecule has 0 atom stereocenters. The maximum Gasteiger partial charge on any atom is 0.466 e. The van der Waals surface area contributed by atoms with Gasteiger partial charge in [0.1, 0.15) is 0 Å². The van der Waals surface area contributed by atoms with Crippen molar-refractivity contribution >= 4 is 43.1 Å². The van der Waals surface area contributed by atoms with Gasteiger partial charge in [0.2, 0.25) is 0 Å². The summed E-state index contributed by atoms with van der Waals surface area (Å²) in [6.07, 6.45) is 0. The summed E-state index contributed by atoms with van der Waals surface area (Å²) in [5.74, 6) is -0.537. The van der Waals surface area contributed by atoms with Crippen LogP contribution >= 0.6 is 15.5 Å². The monoisotopic (exact) mass is 495 g/mol. The lowest BCUT2D eigenvalue weighted by Crippen LogP contribution is -2.30. The zero-order valence-electron chi connectivity index (χ0n) is 19.1. The molecule has 3 rings (SSSR count). The van der Waals surface area contributed by atoms with E-state index in [4.69, 9.17) is 18.1 Å². The Morgan fingerprint density at radius 2 is 1.58 bits per heavy atom. The van der Waals surface area contributed by atoms with Crippen molar-refractivity contribution in [3.05, 3.63) is 54.1 Å². The highest BCUT2D eigenvalue weighted by molar-refractivity contribution is 7.68. The number of benzene rings is 2. The third-order valence-corrected chi connectivity index (χ3v) is 8.76. The molecular formula is C22H29N2O7P2+. The van der Waals surface area contributed by atoms with Crippen molar-refractivity contribution < 1.29 is 32.3 Å². The Balaban J connectivity index is 2.25. The van der Waals surface area contributed by atoms with E-state index in [1.165, 1.54) is 6.07 Å². The summed E-state index contributed by atoms with van der Waals surface area (Å²) >= 11 is 0. The Morgan fingerprint density at radius 3 is 2.18 bits per heavy atom. The fourth-order valence-electron chi connectivity index (χ4n) is 3.40. The minimum Gasteiger partial charge on any atom is -0.304 e. The van der Waals surface area contributed by atoms with E-state index in [0.29, 0.717) is 10.9 Å². The molecule has 3 aromatic rings. The molecule has 0 aliphatic carbocycles. The Labute approximate surface area is 193 Å². The first kappa shape index (κ1) is 25.7. The highest BCUT2D eigenvalue weighted by atomic mass is 31.2. The number of rotatable bonds is 11. The second-order valence-electron chi connectivity index (χ2n) is 6.79. The van der Waals surface area contributed by atoms with E-state index in [2.05, 4.69) is 5.10 Å². The minimum absolute atomic E-state index is 0.0289. The maximum atomic E-state index is 13.7. The van der Waals surface area contributed by atoms with Crippen LogP contribution in [0.5, 0.6) is 0 Å². The van der Waals surface area contributed by atoms with Crippen molar-refractivity contribution in [3.8, 4) is 0 Å². The first-order valence-corrected chi connectivity index (χ1v) is 13.9. The molecule has 0 radical (unpaired) electrons. The molecule has 1 aromatic heterocycles. The molecular weight excluding hydrogens is 466 g/mol.